The normalized spacial score (nSPS) is 11.9. The molecule has 1 heteroatoms. The molecule has 0 fully saturated rings. The predicted molar refractivity (Wildman–Crippen MR) is 60.7 cm³/mol. The smallest absolute Gasteiger partial charge is 0.123 e. The summed E-state index contributed by atoms with van der Waals surface area (Å²) < 4.78 is 5.99. The third kappa shape index (κ3) is 2.50. The van der Waals surface area contributed by atoms with Crippen molar-refractivity contribution < 1.29 is 4.74 Å². The zero-order chi connectivity index (χ0) is 10.8. The van der Waals surface area contributed by atoms with Crippen molar-refractivity contribution in [1.29, 1.82) is 0 Å². The Labute approximate surface area is 87.1 Å². The molecule has 1 aromatic rings. The molecule has 0 N–H and O–H groups in total. The van der Waals surface area contributed by atoms with Crippen molar-refractivity contribution in [3.8, 4) is 5.75 Å². The van der Waals surface area contributed by atoms with E-state index in [2.05, 4.69) is 40.7 Å². The third-order valence-electron chi connectivity index (χ3n) is 2.86. The van der Waals surface area contributed by atoms with Crippen LogP contribution in [0.1, 0.15) is 33.3 Å². The Balaban J connectivity index is 2.84. The largest absolute Gasteiger partial charge is 0.487 e. The Morgan fingerprint density at radius 2 is 1.71 bits per heavy atom. The van der Waals surface area contributed by atoms with Gasteiger partial charge in [0.15, 0.2) is 0 Å². The summed E-state index contributed by atoms with van der Waals surface area (Å²) in [6, 6.07) is 8.15. The molecule has 0 saturated heterocycles. The van der Waals surface area contributed by atoms with Crippen LogP contribution < -0.4 is 4.74 Å². The minimum Gasteiger partial charge on any atom is -0.487 e. The van der Waals surface area contributed by atoms with Crippen LogP contribution in [0.5, 0.6) is 5.75 Å². The Hall–Kier alpha value is -0.980. The number of hydrogen-bond acceptors (Lipinski definition) is 1. The molecule has 0 aromatic heterocycles. The van der Waals surface area contributed by atoms with Crippen molar-refractivity contribution in [2.24, 2.45) is 5.92 Å². The van der Waals surface area contributed by atoms with E-state index in [1.165, 1.54) is 5.56 Å². The number of benzene rings is 1. The van der Waals surface area contributed by atoms with Crippen LogP contribution in [0, 0.1) is 12.8 Å². The lowest BCUT2D eigenvalue weighted by Gasteiger charge is -2.31. The molecule has 0 unspecified atom stereocenters. The highest BCUT2D eigenvalue weighted by atomic mass is 16.5. The highest BCUT2D eigenvalue weighted by Crippen LogP contribution is 2.26. The van der Waals surface area contributed by atoms with E-state index in [1.54, 1.807) is 0 Å². The van der Waals surface area contributed by atoms with E-state index in [0.717, 1.165) is 5.75 Å². The molecule has 0 atom stereocenters. The van der Waals surface area contributed by atoms with Crippen molar-refractivity contribution >= 4 is 0 Å². The van der Waals surface area contributed by atoms with Crippen LogP contribution in [0.4, 0.5) is 0 Å². The van der Waals surface area contributed by atoms with Gasteiger partial charge in [0, 0.05) is 0 Å². The first-order valence-corrected chi connectivity index (χ1v) is 5.18. The van der Waals surface area contributed by atoms with E-state index in [9.17, 15) is 0 Å². The molecule has 0 radical (unpaired) electrons. The first-order valence-electron chi connectivity index (χ1n) is 5.18. The highest BCUT2D eigenvalue weighted by Gasteiger charge is 2.24. The molecule has 0 aliphatic carbocycles. The summed E-state index contributed by atoms with van der Waals surface area (Å²) in [4.78, 5) is 0. The molecule has 0 aliphatic rings. The fraction of sp³-hybridized carbons (Fsp3) is 0.538. The van der Waals surface area contributed by atoms with Gasteiger partial charge in [0.1, 0.15) is 11.4 Å². The Morgan fingerprint density at radius 1 is 1.14 bits per heavy atom. The van der Waals surface area contributed by atoms with Crippen molar-refractivity contribution in [3.63, 3.8) is 0 Å². The lowest BCUT2D eigenvalue weighted by atomic mass is 9.94. The average molecular weight is 192 g/mol. The highest BCUT2D eigenvalue weighted by molar-refractivity contribution is 5.32. The summed E-state index contributed by atoms with van der Waals surface area (Å²) in [6.45, 7) is 10.7. The topological polar surface area (TPSA) is 9.23 Å². The van der Waals surface area contributed by atoms with Crippen molar-refractivity contribution in [2.45, 2.75) is 40.2 Å². The Kier molecular flexibility index (Phi) is 3.20. The number of hydrogen-bond donors (Lipinski definition) is 0. The average Bonchev–Trinajstić information content (AvgIpc) is 2.08. The second kappa shape index (κ2) is 4.04. The lowest BCUT2D eigenvalue weighted by molar-refractivity contribution is 0.0592. The molecular weight excluding hydrogens is 172 g/mol. The van der Waals surface area contributed by atoms with E-state index >= 15 is 0 Å². The maximum Gasteiger partial charge on any atom is 0.123 e. The first kappa shape index (κ1) is 11.1. The summed E-state index contributed by atoms with van der Waals surface area (Å²) in [5, 5.41) is 0. The summed E-state index contributed by atoms with van der Waals surface area (Å²) >= 11 is 0. The van der Waals surface area contributed by atoms with Crippen LogP contribution >= 0.6 is 0 Å². The van der Waals surface area contributed by atoms with Gasteiger partial charge in [0.2, 0.25) is 0 Å². The molecule has 1 rings (SSSR count). The first-order chi connectivity index (χ1) is 6.43. The summed E-state index contributed by atoms with van der Waals surface area (Å²) in [6.07, 6.45) is 0. The predicted octanol–water partition coefficient (Wildman–Crippen LogP) is 3.81. The zero-order valence-corrected chi connectivity index (χ0v) is 9.79. The van der Waals surface area contributed by atoms with E-state index in [-0.39, 0.29) is 5.60 Å². The quantitative estimate of drug-likeness (QED) is 0.707. The SMILES string of the molecule is Cc1ccccc1OC(C)(C)C(C)C. The van der Waals surface area contributed by atoms with Gasteiger partial charge < -0.3 is 4.74 Å². The van der Waals surface area contributed by atoms with Gasteiger partial charge in [0.25, 0.3) is 0 Å². The van der Waals surface area contributed by atoms with Crippen molar-refractivity contribution in [2.75, 3.05) is 0 Å². The van der Waals surface area contributed by atoms with Gasteiger partial charge in [-0.25, -0.2) is 0 Å². The van der Waals surface area contributed by atoms with Gasteiger partial charge in [0.05, 0.1) is 0 Å². The molecule has 14 heavy (non-hydrogen) atoms. The van der Waals surface area contributed by atoms with Crippen LogP contribution in [-0.2, 0) is 0 Å². The molecule has 0 aliphatic heterocycles. The van der Waals surface area contributed by atoms with Gasteiger partial charge in [-0.2, -0.15) is 0 Å². The minimum absolute atomic E-state index is 0.105. The van der Waals surface area contributed by atoms with Gasteiger partial charge in [-0.05, 0) is 38.3 Å². The van der Waals surface area contributed by atoms with Gasteiger partial charge in [-0.1, -0.05) is 32.0 Å². The fourth-order valence-electron chi connectivity index (χ4n) is 1.07. The molecule has 0 bridgehead atoms. The van der Waals surface area contributed by atoms with Crippen molar-refractivity contribution in [3.05, 3.63) is 29.8 Å². The molecule has 0 heterocycles. The summed E-state index contributed by atoms with van der Waals surface area (Å²) in [7, 11) is 0. The maximum absolute atomic E-state index is 5.99. The standard InChI is InChI=1S/C13H20O/c1-10(2)13(4,5)14-12-9-7-6-8-11(12)3/h6-10H,1-5H3. The van der Waals surface area contributed by atoms with E-state index in [4.69, 9.17) is 4.74 Å². The van der Waals surface area contributed by atoms with E-state index in [0.29, 0.717) is 5.92 Å². The van der Waals surface area contributed by atoms with Crippen LogP contribution in [0.15, 0.2) is 24.3 Å². The molecule has 0 spiro atoms. The molecule has 1 aromatic carbocycles. The number of para-hydroxylation sites is 1. The third-order valence-corrected chi connectivity index (χ3v) is 2.86. The zero-order valence-electron chi connectivity index (χ0n) is 9.79. The van der Waals surface area contributed by atoms with Gasteiger partial charge in [-0.3, -0.25) is 0 Å². The van der Waals surface area contributed by atoms with Crippen molar-refractivity contribution in [1.82, 2.24) is 0 Å². The monoisotopic (exact) mass is 192 g/mol. The molecule has 78 valence electrons. The van der Waals surface area contributed by atoms with Crippen LogP contribution in [0.2, 0.25) is 0 Å². The van der Waals surface area contributed by atoms with Crippen LogP contribution in [0.25, 0.3) is 0 Å². The Bertz CT molecular complexity index is 300. The molecule has 1 nitrogen and oxygen atoms in total. The van der Waals surface area contributed by atoms with Crippen LogP contribution in [-0.4, -0.2) is 5.60 Å². The van der Waals surface area contributed by atoms with Crippen LogP contribution in [0.3, 0.4) is 0 Å². The summed E-state index contributed by atoms with van der Waals surface area (Å²) in [5.74, 6) is 1.49. The number of ether oxygens (including phenoxy) is 1. The minimum atomic E-state index is -0.105. The maximum atomic E-state index is 5.99. The van der Waals surface area contributed by atoms with Gasteiger partial charge >= 0.3 is 0 Å². The molecule has 0 saturated carbocycles. The fourth-order valence-corrected chi connectivity index (χ4v) is 1.07. The number of rotatable bonds is 3. The second-order valence-electron chi connectivity index (χ2n) is 4.63. The lowest BCUT2D eigenvalue weighted by Crippen LogP contribution is -2.34. The second-order valence-corrected chi connectivity index (χ2v) is 4.63. The molecular formula is C13H20O. The molecule has 0 amide bonds. The van der Waals surface area contributed by atoms with E-state index in [1.807, 2.05) is 18.2 Å². The van der Waals surface area contributed by atoms with E-state index < -0.39 is 0 Å². The number of aryl methyl sites for hydroxylation is 1. The Morgan fingerprint density at radius 3 is 2.21 bits per heavy atom. The van der Waals surface area contributed by atoms with Gasteiger partial charge in [-0.15, -0.1) is 0 Å². The summed E-state index contributed by atoms with van der Waals surface area (Å²) in [5.41, 5.74) is 1.09.